The van der Waals surface area contributed by atoms with Crippen molar-refractivity contribution >= 4 is 34.7 Å². The molecule has 2 aromatic carbocycles. The van der Waals surface area contributed by atoms with Gasteiger partial charge in [-0.1, -0.05) is 18.2 Å². The van der Waals surface area contributed by atoms with Gasteiger partial charge in [-0.15, -0.1) is 0 Å². The fraction of sp³-hybridized carbons (Fsp3) is 0.118. The summed E-state index contributed by atoms with van der Waals surface area (Å²) in [5, 5.41) is 0.483. The molecule has 23 heavy (non-hydrogen) atoms. The second kappa shape index (κ2) is 5.17. The maximum absolute atomic E-state index is 12.8. The fourth-order valence-corrected chi connectivity index (χ4v) is 3.21. The molecule has 1 aromatic heterocycles. The van der Waals surface area contributed by atoms with Crippen molar-refractivity contribution in [1.82, 2.24) is 9.97 Å². The topological polar surface area (TPSA) is 69.0 Å². The number of fused-ring (bicyclic) bond motifs is 2. The molecule has 1 aliphatic rings. The van der Waals surface area contributed by atoms with Crippen molar-refractivity contribution in [3.63, 3.8) is 0 Å². The SMILES string of the molecule is O=C(c1ccc2c(=O)[nH]c(=S)[nH]c2c1)N1CCc2ccccc21. The summed E-state index contributed by atoms with van der Waals surface area (Å²) in [7, 11) is 0. The number of hydrogen-bond donors (Lipinski definition) is 2. The molecular formula is C17H13N3O2S. The van der Waals surface area contributed by atoms with Crippen LogP contribution in [0.25, 0.3) is 10.9 Å². The molecule has 2 heterocycles. The van der Waals surface area contributed by atoms with Crippen molar-refractivity contribution in [2.24, 2.45) is 0 Å². The predicted octanol–water partition coefficient (Wildman–Crippen LogP) is 2.79. The van der Waals surface area contributed by atoms with Crippen molar-refractivity contribution in [3.05, 3.63) is 68.7 Å². The largest absolute Gasteiger partial charge is 0.332 e. The quantitative estimate of drug-likeness (QED) is 0.677. The summed E-state index contributed by atoms with van der Waals surface area (Å²) in [4.78, 5) is 31.9. The summed E-state index contributed by atoms with van der Waals surface area (Å²) in [5.74, 6) is -0.0727. The van der Waals surface area contributed by atoms with E-state index in [0.717, 1.165) is 12.1 Å². The van der Waals surface area contributed by atoms with E-state index in [1.165, 1.54) is 5.56 Å². The van der Waals surface area contributed by atoms with E-state index in [-0.39, 0.29) is 16.2 Å². The van der Waals surface area contributed by atoms with Gasteiger partial charge in [0.1, 0.15) is 0 Å². The highest BCUT2D eigenvalue weighted by Gasteiger charge is 2.25. The van der Waals surface area contributed by atoms with E-state index in [1.807, 2.05) is 24.3 Å². The molecule has 0 aliphatic carbocycles. The van der Waals surface area contributed by atoms with Gasteiger partial charge in [0.05, 0.1) is 10.9 Å². The summed E-state index contributed by atoms with van der Waals surface area (Å²) >= 11 is 4.99. The van der Waals surface area contributed by atoms with Crippen molar-refractivity contribution in [3.8, 4) is 0 Å². The lowest BCUT2D eigenvalue weighted by Gasteiger charge is -2.17. The molecule has 6 heteroatoms. The molecule has 0 spiro atoms. The average molecular weight is 323 g/mol. The van der Waals surface area contributed by atoms with Crippen LogP contribution in [-0.2, 0) is 6.42 Å². The Hall–Kier alpha value is -2.73. The Labute approximate surface area is 136 Å². The highest BCUT2D eigenvalue weighted by molar-refractivity contribution is 7.71. The summed E-state index contributed by atoms with van der Waals surface area (Å²) in [6.07, 6.45) is 0.859. The number of benzene rings is 2. The van der Waals surface area contributed by atoms with Crippen LogP contribution >= 0.6 is 12.2 Å². The fourth-order valence-electron chi connectivity index (χ4n) is 3.01. The number of carbonyl (C=O) groups is 1. The van der Waals surface area contributed by atoms with Gasteiger partial charge in [-0.3, -0.25) is 14.6 Å². The summed E-state index contributed by atoms with van der Waals surface area (Å²) in [6.45, 7) is 0.668. The van der Waals surface area contributed by atoms with E-state index >= 15 is 0 Å². The van der Waals surface area contributed by atoms with Crippen LogP contribution in [0.15, 0.2) is 47.3 Å². The average Bonchev–Trinajstić information content (AvgIpc) is 2.97. The van der Waals surface area contributed by atoms with Gasteiger partial charge in [0.15, 0.2) is 4.77 Å². The first-order valence-electron chi connectivity index (χ1n) is 7.29. The van der Waals surface area contributed by atoms with Crippen molar-refractivity contribution in [2.45, 2.75) is 6.42 Å². The second-order valence-electron chi connectivity index (χ2n) is 5.50. The van der Waals surface area contributed by atoms with Gasteiger partial charge in [0.2, 0.25) is 0 Å². The first kappa shape index (κ1) is 13.9. The zero-order chi connectivity index (χ0) is 16.0. The molecule has 0 atom stereocenters. The zero-order valence-corrected chi connectivity index (χ0v) is 12.9. The van der Waals surface area contributed by atoms with Crippen molar-refractivity contribution in [1.29, 1.82) is 0 Å². The minimum atomic E-state index is -0.255. The van der Waals surface area contributed by atoms with Gasteiger partial charge in [-0.25, -0.2) is 0 Å². The molecule has 0 unspecified atom stereocenters. The van der Waals surface area contributed by atoms with Crippen LogP contribution in [0.5, 0.6) is 0 Å². The summed E-state index contributed by atoms with van der Waals surface area (Å²) in [5.41, 5.74) is 2.98. The third-order valence-corrected chi connectivity index (χ3v) is 4.32. The van der Waals surface area contributed by atoms with Crippen LogP contribution in [0.1, 0.15) is 15.9 Å². The lowest BCUT2D eigenvalue weighted by molar-refractivity contribution is 0.0989. The second-order valence-corrected chi connectivity index (χ2v) is 5.91. The first-order chi connectivity index (χ1) is 11.1. The van der Waals surface area contributed by atoms with Crippen LogP contribution in [0.4, 0.5) is 5.69 Å². The number of aromatic nitrogens is 2. The van der Waals surface area contributed by atoms with E-state index in [9.17, 15) is 9.59 Å². The highest BCUT2D eigenvalue weighted by Crippen LogP contribution is 2.29. The van der Waals surface area contributed by atoms with E-state index in [0.29, 0.717) is 23.0 Å². The normalized spacial score (nSPS) is 13.3. The van der Waals surface area contributed by atoms with Crippen molar-refractivity contribution < 1.29 is 4.79 Å². The third-order valence-electron chi connectivity index (χ3n) is 4.12. The number of nitrogens with zero attached hydrogens (tertiary/aromatic N) is 1. The molecule has 0 saturated heterocycles. The Balaban J connectivity index is 1.79. The number of nitrogens with one attached hydrogen (secondary N) is 2. The summed E-state index contributed by atoms with van der Waals surface area (Å²) in [6, 6.07) is 12.9. The molecule has 2 N–H and O–H groups in total. The number of amides is 1. The Morgan fingerprint density at radius 3 is 2.83 bits per heavy atom. The number of carbonyl (C=O) groups excluding carboxylic acids is 1. The Bertz CT molecular complexity index is 1050. The van der Waals surface area contributed by atoms with E-state index in [1.54, 1.807) is 23.1 Å². The van der Waals surface area contributed by atoms with Gasteiger partial charge < -0.3 is 9.88 Å². The molecule has 0 fully saturated rings. The van der Waals surface area contributed by atoms with E-state index < -0.39 is 0 Å². The van der Waals surface area contributed by atoms with Crippen LogP contribution in [-0.4, -0.2) is 22.4 Å². The third kappa shape index (κ3) is 2.27. The maximum atomic E-state index is 12.8. The van der Waals surface area contributed by atoms with E-state index in [4.69, 9.17) is 12.2 Å². The molecule has 1 aliphatic heterocycles. The number of H-pyrrole nitrogens is 2. The Kier molecular flexibility index (Phi) is 3.12. The number of rotatable bonds is 1. The lowest BCUT2D eigenvalue weighted by Crippen LogP contribution is -2.28. The molecule has 4 rings (SSSR count). The van der Waals surface area contributed by atoms with Crippen LogP contribution in [0.2, 0.25) is 0 Å². The first-order valence-corrected chi connectivity index (χ1v) is 7.70. The molecule has 3 aromatic rings. The molecule has 1 amide bonds. The van der Waals surface area contributed by atoms with Crippen molar-refractivity contribution in [2.75, 3.05) is 11.4 Å². The molecular weight excluding hydrogens is 310 g/mol. The predicted molar refractivity (Wildman–Crippen MR) is 91.6 cm³/mol. The van der Waals surface area contributed by atoms with Crippen LogP contribution in [0, 0.1) is 4.77 Å². The highest BCUT2D eigenvalue weighted by atomic mass is 32.1. The Morgan fingerprint density at radius 1 is 1.13 bits per heavy atom. The van der Waals surface area contributed by atoms with Gasteiger partial charge in [0, 0.05) is 17.8 Å². The molecule has 0 bridgehead atoms. The molecule has 0 saturated carbocycles. The van der Waals surface area contributed by atoms with Gasteiger partial charge in [-0.05, 0) is 48.5 Å². The van der Waals surface area contributed by atoms with E-state index in [2.05, 4.69) is 9.97 Å². The standard InChI is InChI=1S/C17H13N3O2S/c21-15-12-6-5-11(9-13(12)18-17(23)19-15)16(22)20-8-7-10-3-1-2-4-14(10)20/h1-6,9H,7-8H2,(H2,18,19,21,23). The number of hydrogen-bond acceptors (Lipinski definition) is 3. The monoisotopic (exact) mass is 323 g/mol. The lowest BCUT2D eigenvalue weighted by atomic mass is 10.1. The summed E-state index contributed by atoms with van der Waals surface area (Å²) < 4.78 is 0.249. The number of anilines is 1. The number of para-hydroxylation sites is 1. The minimum absolute atomic E-state index is 0.0727. The molecule has 5 nitrogen and oxygen atoms in total. The smallest absolute Gasteiger partial charge is 0.259 e. The molecule has 114 valence electrons. The Morgan fingerprint density at radius 2 is 1.96 bits per heavy atom. The van der Waals surface area contributed by atoms with Gasteiger partial charge in [-0.2, -0.15) is 0 Å². The minimum Gasteiger partial charge on any atom is -0.332 e. The zero-order valence-electron chi connectivity index (χ0n) is 12.1. The van der Waals surface area contributed by atoms with Crippen LogP contribution < -0.4 is 10.5 Å². The van der Waals surface area contributed by atoms with Gasteiger partial charge >= 0.3 is 0 Å². The molecule has 0 radical (unpaired) electrons. The van der Waals surface area contributed by atoms with Crippen LogP contribution in [0.3, 0.4) is 0 Å². The van der Waals surface area contributed by atoms with Gasteiger partial charge in [0.25, 0.3) is 11.5 Å². The maximum Gasteiger partial charge on any atom is 0.259 e. The number of aromatic amines is 2.